The number of hydrogen-bond donors (Lipinski definition) is 3. The highest BCUT2D eigenvalue weighted by atomic mass is 35.5. The first-order valence-corrected chi connectivity index (χ1v) is 14.3. The van der Waals surface area contributed by atoms with Crippen LogP contribution in [0.25, 0.3) is 10.9 Å². The lowest BCUT2D eigenvalue weighted by Gasteiger charge is -2.39. The van der Waals surface area contributed by atoms with Crippen molar-refractivity contribution in [2.24, 2.45) is 5.92 Å². The summed E-state index contributed by atoms with van der Waals surface area (Å²) in [6, 6.07) is 11.5. The van der Waals surface area contributed by atoms with Gasteiger partial charge in [0.05, 0.1) is 17.1 Å². The van der Waals surface area contributed by atoms with E-state index in [1.54, 1.807) is 53.6 Å². The van der Waals surface area contributed by atoms with Crippen molar-refractivity contribution in [1.29, 1.82) is 0 Å². The van der Waals surface area contributed by atoms with E-state index in [-0.39, 0.29) is 35.6 Å². The van der Waals surface area contributed by atoms with Crippen molar-refractivity contribution < 1.29 is 19.2 Å². The number of halogens is 1. The molecule has 0 unspecified atom stereocenters. The highest BCUT2D eigenvalue weighted by Crippen LogP contribution is 2.32. The van der Waals surface area contributed by atoms with Crippen molar-refractivity contribution in [2.45, 2.75) is 50.6 Å². The summed E-state index contributed by atoms with van der Waals surface area (Å²) in [6.07, 6.45) is 6.45. The van der Waals surface area contributed by atoms with Crippen molar-refractivity contribution >= 4 is 51.8 Å². The normalized spacial score (nSPS) is 21.4. The molecule has 3 aliphatic rings. The molecule has 3 fully saturated rings. The van der Waals surface area contributed by atoms with Gasteiger partial charge in [-0.2, -0.15) is 0 Å². The van der Waals surface area contributed by atoms with E-state index in [9.17, 15) is 19.2 Å². The first kappa shape index (κ1) is 26.4. The maximum absolute atomic E-state index is 13.3. The predicted octanol–water partition coefficient (Wildman–Crippen LogP) is 3.88. The average molecular weight is 562 g/mol. The molecule has 3 aromatic rings. The number of carbonyl (C=O) groups is 4. The monoisotopic (exact) mass is 561 g/mol. The van der Waals surface area contributed by atoms with E-state index in [0.717, 1.165) is 42.3 Å². The molecule has 0 radical (unpaired) electrons. The van der Waals surface area contributed by atoms with Gasteiger partial charge in [0.15, 0.2) is 0 Å². The lowest BCUT2D eigenvalue weighted by molar-refractivity contribution is -0.134. The number of aromatic nitrogens is 1. The summed E-state index contributed by atoms with van der Waals surface area (Å²) < 4.78 is 0. The fraction of sp³-hybridized carbons (Fsp3) is 0.400. The van der Waals surface area contributed by atoms with Crippen molar-refractivity contribution in [3.05, 3.63) is 64.8 Å². The first-order valence-electron chi connectivity index (χ1n) is 13.9. The Kier molecular flexibility index (Phi) is 7.23. The Morgan fingerprint density at radius 3 is 2.35 bits per heavy atom. The van der Waals surface area contributed by atoms with Crippen LogP contribution in [0.5, 0.6) is 0 Å². The number of nitrogens with one attached hydrogen (secondary N) is 3. The Balaban J connectivity index is 1.16. The van der Waals surface area contributed by atoms with E-state index in [0.29, 0.717) is 48.6 Å². The van der Waals surface area contributed by atoms with Crippen LogP contribution in [0, 0.1) is 5.92 Å². The minimum Gasteiger partial charge on any atom is -0.360 e. The molecule has 6 rings (SSSR count). The standard InChI is InChI=1S/C30H32ClN5O4/c31-23-16-32-25-15-20(8-11-22(23)25)29(39)34-26-17-35(30(40)19-4-5-19)14-12-24(26)33-28(38)18-6-9-21(10-7-18)36-13-2-1-3-27(36)37/h6-11,15-16,19,24,26,32H,1-5,12-14,17H2,(H,33,38)(H,34,39)/t24-,26+/m0/s1. The van der Waals surface area contributed by atoms with E-state index >= 15 is 0 Å². The Bertz CT molecular complexity index is 1460. The number of likely N-dealkylation sites (tertiary alicyclic amines) is 1. The zero-order valence-electron chi connectivity index (χ0n) is 22.1. The third-order valence-corrected chi connectivity index (χ3v) is 8.45. The minimum absolute atomic E-state index is 0.0767. The summed E-state index contributed by atoms with van der Waals surface area (Å²) in [7, 11) is 0. The third-order valence-electron chi connectivity index (χ3n) is 8.14. The number of amides is 4. The molecule has 4 amide bonds. The number of nitrogens with zero attached hydrogens (tertiary/aromatic N) is 2. The molecule has 0 bridgehead atoms. The number of anilines is 1. The van der Waals surface area contributed by atoms with Crippen LogP contribution in [0.15, 0.2) is 48.7 Å². The van der Waals surface area contributed by atoms with Gasteiger partial charge in [0.2, 0.25) is 11.8 Å². The van der Waals surface area contributed by atoms with Crippen LogP contribution in [-0.4, -0.2) is 65.2 Å². The number of piperidine rings is 2. The molecule has 2 aromatic carbocycles. The number of fused-ring (bicyclic) bond motifs is 1. The molecule has 1 aromatic heterocycles. The number of benzene rings is 2. The smallest absolute Gasteiger partial charge is 0.251 e. The van der Waals surface area contributed by atoms with Crippen LogP contribution in [0.1, 0.15) is 59.2 Å². The lowest BCUT2D eigenvalue weighted by atomic mass is 9.97. The number of rotatable bonds is 6. The van der Waals surface area contributed by atoms with E-state index in [4.69, 9.17) is 11.6 Å². The Morgan fingerprint density at radius 1 is 0.875 bits per heavy atom. The first-order chi connectivity index (χ1) is 19.4. The van der Waals surface area contributed by atoms with Gasteiger partial charge in [-0.3, -0.25) is 19.2 Å². The zero-order valence-corrected chi connectivity index (χ0v) is 22.9. The molecule has 2 aliphatic heterocycles. The second-order valence-electron chi connectivity index (χ2n) is 11.0. The summed E-state index contributed by atoms with van der Waals surface area (Å²) in [5.41, 5.74) is 2.48. The topological polar surface area (TPSA) is 115 Å². The molecule has 2 atom stereocenters. The Labute approximate surface area is 237 Å². The summed E-state index contributed by atoms with van der Waals surface area (Å²) in [5, 5.41) is 7.58. The fourth-order valence-corrected chi connectivity index (χ4v) is 5.89. The van der Waals surface area contributed by atoms with Crippen LogP contribution in [0.2, 0.25) is 5.02 Å². The summed E-state index contributed by atoms with van der Waals surface area (Å²) in [6.45, 7) is 1.54. The summed E-state index contributed by atoms with van der Waals surface area (Å²) in [4.78, 5) is 58.3. The number of H-pyrrole nitrogens is 1. The zero-order chi connectivity index (χ0) is 27.8. The molecule has 3 heterocycles. The van der Waals surface area contributed by atoms with Crippen molar-refractivity contribution in [1.82, 2.24) is 20.5 Å². The van der Waals surface area contributed by atoms with E-state index in [1.165, 1.54) is 0 Å². The molecular weight excluding hydrogens is 530 g/mol. The van der Waals surface area contributed by atoms with E-state index in [1.807, 2.05) is 4.90 Å². The van der Waals surface area contributed by atoms with Gasteiger partial charge in [-0.1, -0.05) is 17.7 Å². The summed E-state index contributed by atoms with van der Waals surface area (Å²) >= 11 is 6.18. The molecule has 1 saturated carbocycles. The van der Waals surface area contributed by atoms with Gasteiger partial charge in [0.25, 0.3) is 11.8 Å². The van der Waals surface area contributed by atoms with Crippen molar-refractivity contribution in [3.63, 3.8) is 0 Å². The number of hydrogen-bond acceptors (Lipinski definition) is 4. The molecule has 0 spiro atoms. The van der Waals surface area contributed by atoms with Gasteiger partial charge in [0, 0.05) is 65.9 Å². The summed E-state index contributed by atoms with van der Waals surface area (Å²) in [5.74, 6) is -0.242. The SMILES string of the molecule is O=C(N[C@H]1CCN(C(=O)C2CC2)C[C@H]1NC(=O)c1ccc2c(Cl)c[nH]c2c1)c1ccc(N2CCCCC2=O)cc1. The Hall–Kier alpha value is -3.85. The predicted molar refractivity (Wildman–Crippen MR) is 152 cm³/mol. The van der Waals surface area contributed by atoms with Crippen LogP contribution < -0.4 is 15.5 Å². The van der Waals surface area contributed by atoms with Crippen LogP contribution in [-0.2, 0) is 9.59 Å². The van der Waals surface area contributed by atoms with Gasteiger partial charge >= 0.3 is 0 Å². The van der Waals surface area contributed by atoms with E-state index < -0.39 is 6.04 Å². The number of aromatic amines is 1. The fourth-order valence-electron chi connectivity index (χ4n) is 5.67. The lowest BCUT2D eigenvalue weighted by Crippen LogP contribution is -2.61. The average Bonchev–Trinajstić information content (AvgIpc) is 3.76. The van der Waals surface area contributed by atoms with E-state index in [2.05, 4.69) is 15.6 Å². The van der Waals surface area contributed by atoms with Crippen LogP contribution >= 0.6 is 11.6 Å². The third kappa shape index (κ3) is 5.43. The van der Waals surface area contributed by atoms with Gasteiger partial charge < -0.3 is 25.4 Å². The maximum Gasteiger partial charge on any atom is 0.251 e. The van der Waals surface area contributed by atoms with Crippen molar-refractivity contribution in [3.8, 4) is 0 Å². The molecule has 9 nitrogen and oxygen atoms in total. The second-order valence-corrected chi connectivity index (χ2v) is 11.4. The van der Waals surface area contributed by atoms with Gasteiger partial charge in [0.1, 0.15) is 0 Å². The molecule has 3 N–H and O–H groups in total. The highest BCUT2D eigenvalue weighted by Gasteiger charge is 2.39. The molecule has 208 valence electrons. The Morgan fingerprint density at radius 2 is 1.60 bits per heavy atom. The van der Waals surface area contributed by atoms with Gasteiger partial charge in [-0.25, -0.2) is 0 Å². The quantitative estimate of drug-likeness (QED) is 0.424. The second kappa shape index (κ2) is 11.0. The van der Waals surface area contributed by atoms with Crippen LogP contribution in [0.4, 0.5) is 5.69 Å². The molecular formula is C30H32ClN5O4. The largest absolute Gasteiger partial charge is 0.360 e. The van der Waals surface area contributed by atoms with Gasteiger partial charge in [-0.15, -0.1) is 0 Å². The van der Waals surface area contributed by atoms with Crippen LogP contribution in [0.3, 0.4) is 0 Å². The minimum atomic E-state index is -0.457. The molecule has 40 heavy (non-hydrogen) atoms. The maximum atomic E-state index is 13.3. The molecule has 2 saturated heterocycles. The van der Waals surface area contributed by atoms with Crippen molar-refractivity contribution in [2.75, 3.05) is 24.5 Å². The molecule has 10 heteroatoms. The number of carbonyl (C=O) groups excluding carboxylic acids is 4. The van der Waals surface area contributed by atoms with Gasteiger partial charge in [-0.05, 0) is 68.5 Å². The molecule has 1 aliphatic carbocycles. The highest BCUT2D eigenvalue weighted by molar-refractivity contribution is 6.35.